The summed E-state index contributed by atoms with van der Waals surface area (Å²) in [5, 5.41) is 2.65. The van der Waals surface area contributed by atoms with E-state index in [1.54, 1.807) is 7.11 Å². The number of fused-ring (bicyclic) bond motifs is 2. The lowest BCUT2D eigenvalue weighted by atomic mass is 9.72. The van der Waals surface area contributed by atoms with Gasteiger partial charge in [0.2, 0.25) is 0 Å². The average molecular weight is 288 g/mol. The van der Waals surface area contributed by atoms with Gasteiger partial charge in [0.25, 0.3) is 0 Å². The van der Waals surface area contributed by atoms with Crippen molar-refractivity contribution >= 4 is 10.8 Å². The van der Waals surface area contributed by atoms with E-state index in [-0.39, 0.29) is 0 Å². The molecule has 1 heteroatoms. The van der Waals surface area contributed by atoms with Gasteiger partial charge in [-0.25, -0.2) is 0 Å². The largest absolute Gasteiger partial charge is 0.500 e. The van der Waals surface area contributed by atoms with Crippen molar-refractivity contribution in [3.63, 3.8) is 0 Å². The zero-order chi connectivity index (χ0) is 14.9. The highest BCUT2D eigenvalue weighted by atomic mass is 16.5. The molecular weight excluding hydrogens is 268 g/mol. The highest BCUT2D eigenvalue weighted by Crippen LogP contribution is 2.45. The second-order valence-electron chi connectivity index (χ2n) is 6.07. The summed E-state index contributed by atoms with van der Waals surface area (Å²) in [6.45, 7) is 0. The van der Waals surface area contributed by atoms with Gasteiger partial charge < -0.3 is 4.74 Å². The van der Waals surface area contributed by atoms with Gasteiger partial charge in [-0.15, -0.1) is 0 Å². The van der Waals surface area contributed by atoms with Gasteiger partial charge in [0, 0.05) is 5.92 Å². The van der Waals surface area contributed by atoms with Crippen LogP contribution in [0.25, 0.3) is 10.8 Å². The second-order valence-corrected chi connectivity index (χ2v) is 6.07. The third-order valence-electron chi connectivity index (χ3n) is 4.93. The number of rotatable bonds is 2. The van der Waals surface area contributed by atoms with Crippen molar-refractivity contribution in [3.05, 3.63) is 83.7 Å². The predicted molar refractivity (Wildman–Crippen MR) is 91.7 cm³/mol. The molecule has 4 rings (SSSR count). The van der Waals surface area contributed by atoms with Gasteiger partial charge in [-0.1, -0.05) is 60.7 Å². The minimum atomic E-state index is 0.320. The lowest BCUT2D eigenvalue weighted by Gasteiger charge is -2.34. The van der Waals surface area contributed by atoms with Crippen LogP contribution in [0.4, 0.5) is 0 Å². The number of methoxy groups -OCH3 is 1. The summed E-state index contributed by atoms with van der Waals surface area (Å²) in [5.41, 5.74) is 2.82. The molecule has 0 fully saturated rings. The Labute approximate surface area is 131 Å². The van der Waals surface area contributed by atoms with E-state index in [1.165, 1.54) is 28.3 Å². The van der Waals surface area contributed by atoms with Gasteiger partial charge in [0.1, 0.15) is 5.76 Å². The molecule has 1 unspecified atom stereocenters. The Morgan fingerprint density at radius 1 is 1.00 bits per heavy atom. The van der Waals surface area contributed by atoms with Crippen molar-refractivity contribution in [1.29, 1.82) is 0 Å². The Balaban J connectivity index is 1.90. The fourth-order valence-corrected chi connectivity index (χ4v) is 3.89. The van der Waals surface area contributed by atoms with E-state index < -0.39 is 0 Å². The highest BCUT2D eigenvalue weighted by Gasteiger charge is 2.33. The molecule has 2 aromatic carbocycles. The number of benzene rings is 2. The van der Waals surface area contributed by atoms with E-state index in [2.05, 4.69) is 66.8 Å². The van der Waals surface area contributed by atoms with Crippen LogP contribution in [-0.4, -0.2) is 7.11 Å². The van der Waals surface area contributed by atoms with Crippen LogP contribution in [0.2, 0.25) is 0 Å². The van der Waals surface area contributed by atoms with Gasteiger partial charge in [-0.05, 0) is 46.7 Å². The predicted octanol–water partition coefficient (Wildman–Crippen LogP) is 5.36. The third kappa shape index (κ3) is 2.09. The number of allylic oxidation sites excluding steroid dienone is 6. The molecule has 0 bridgehead atoms. The molecule has 2 aromatic rings. The van der Waals surface area contributed by atoms with Crippen molar-refractivity contribution < 1.29 is 4.74 Å². The highest BCUT2D eigenvalue weighted by molar-refractivity contribution is 5.86. The molecule has 0 saturated carbocycles. The van der Waals surface area contributed by atoms with Crippen molar-refractivity contribution in [3.8, 4) is 0 Å². The molecule has 110 valence electrons. The summed E-state index contributed by atoms with van der Waals surface area (Å²) in [6, 6.07) is 15.3. The molecule has 2 aliphatic carbocycles. The van der Waals surface area contributed by atoms with Gasteiger partial charge in [0.15, 0.2) is 0 Å². The van der Waals surface area contributed by atoms with Crippen LogP contribution in [0.1, 0.15) is 24.3 Å². The van der Waals surface area contributed by atoms with Crippen LogP contribution in [0, 0.1) is 5.92 Å². The standard InChI is InChI=1S/C21H20O/c1-22-20-14-13-16-8-3-5-11-18(16)21(20)19-12-6-9-15-7-2-4-10-17(15)19/h2-4,6-10,12-14,18,21H,5,11H2,1H3/t18?,21-/m1/s1. The first kappa shape index (κ1) is 13.4. The van der Waals surface area contributed by atoms with Crippen molar-refractivity contribution in [2.75, 3.05) is 7.11 Å². The van der Waals surface area contributed by atoms with Gasteiger partial charge in [0.05, 0.1) is 7.11 Å². The average Bonchev–Trinajstić information content (AvgIpc) is 2.60. The maximum atomic E-state index is 5.75. The summed E-state index contributed by atoms with van der Waals surface area (Å²) in [4.78, 5) is 0. The summed E-state index contributed by atoms with van der Waals surface area (Å²) in [7, 11) is 1.79. The molecule has 0 aromatic heterocycles. The van der Waals surface area contributed by atoms with Crippen LogP contribution in [0.15, 0.2) is 78.1 Å². The van der Waals surface area contributed by atoms with Crippen LogP contribution in [0.5, 0.6) is 0 Å². The molecule has 0 aliphatic heterocycles. The summed E-state index contributed by atoms with van der Waals surface area (Å²) in [5.74, 6) is 1.93. The monoisotopic (exact) mass is 288 g/mol. The smallest absolute Gasteiger partial charge is 0.104 e. The fourth-order valence-electron chi connectivity index (χ4n) is 3.89. The normalized spacial score (nSPS) is 23.7. The number of hydrogen-bond acceptors (Lipinski definition) is 1. The van der Waals surface area contributed by atoms with Gasteiger partial charge >= 0.3 is 0 Å². The molecule has 0 spiro atoms. The first-order chi connectivity index (χ1) is 10.9. The summed E-state index contributed by atoms with van der Waals surface area (Å²) < 4.78 is 5.75. The lowest BCUT2D eigenvalue weighted by molar-refractivity contribution is 0.241. The van der Waals surface area contributed by atoms with E-state index in [0.29, 0.717) is 11.8 Å². The molecular formula is C21H20O. The van der Waals surface area contributed by atoms with Crippen LogP contribution in [0.3, 0.4) is 0 Å². The Kier molecular flexibility index (Phi) is 3.34. The molecule has 1 nitrogen and oxygen atoms in total. The van der Waals surface area contributed by atoms with E-state index in [9.17, 15) is 0 Å². The van der Waals surface area contributed by atoms with Crippen LogP contribution < -0.4 is 0 Å². The van der Waals surface area contributed by atoms with E-state index >= 15 is 0 Å². The Hall–Kier alpha value is -2.28. The van der Waals surface area contributed by atoms with Crippen molar-refractivity contribution in [1.82, 2.24) is 0 Å². The first-order valence-corrected chi connectivity index (χ1v) is 7.98. The minimum Gasteiger partial charge on any atom is -0.500 e. The summed E-state index contributed by atoms with van der Waals surface area (Å²) in [6.07, 6.45) is 11.3. The van der Waals surface area contributed by atoms with Gasteiger partial charge in [-0.2, -0.15) is 0 Å². The SMILES string of the molecule is COC1=CC=C2C=CCCC2[C@@H]1c1cccc2ccccc12. The molecule has 22 heavy (non-hydrogen) atoms. The van der Waals surface area contributed by atoms with E-state index in [1.807, 2.05) is 0 Å². The third-order valence-corrected chi connectivity index (χ3v) is 4.93. The van der Waals surface area contributed by atoms with Crippen LogP contribution in [-0.2, 0) is 4.74 Å². The quantitative estimate of drug-likeness (QED) is 0.723. The van der Waals surface area contributed by atoms with E-state index in [4.69, 9.17) is 4.74 Å². The molecule has 2 aliphatic rings. The zero-order valence-electron chi connectivity index (χ0n) is 12.8. The van der Waals surface area contributed by atoms with Crippen molar-refractivity contribution in [2.45, 2.75) is 18.8 Å². The maximum absolute atomic E-state index is 5.75. The summed E-state index contributed by atoms with van der Waals surface area (Å²) >= 11 is 0. The first-order valence-electron chi connectivity index (χ1n) is 7.98. The minimum absolute atomic E-state index is 0.320. The van der Waals surface area contributed by atoms with Gasteiger partial charge in [-0.3, -0.25) is 0 Å². The molecule has 0 N–H and O–H groups in total. The van der Waals surface area contributed by atoms with Crippen LogP contribution >= 0.6 is 0 Å². The molecule has 0 saturated heterocycles. The topological polar surface area (TPSA) is 9.23 Å². The molecule has 0 heterocycles. The number of hydrogen-bond donors (Lipinski definition) is 0. The Morgan fingerprint density at radius 3 is 2.77 bits per heavy atom. The lowest BCUT2D eigenvalue weighted by Crippen LogP contribution is -2.22. The Bertz CT molecular complexity index is 789. The maximum Gasteiger partial charge on any atom is 0.104 e. The molecule has 0 amide bonds. The molecule has 2 atom stereocenters. The zero-order valence-corrected chi connectivity index (χ0v) is 12.8. The molecule has 0 radical (unpaired) electrons. The fraction of sp³-hybridized carbons (Fsp3) is 0.238. The Morgan fingerprint density at radius 2 is 1.86 bits per heavy atom. The number of ether oxygens (including phenoxy) is 1. The second kappa shape index (κ2) is 5.49. The van der Waals surface area contributed by atoms with E-state index in [0.717, 1.165) is 12.2 Å². The van der Waals surface area contributed by atoms with Crippen molar-refractivity contribution in [2.24, 2.45) is 5.92 Å².